The molecule has 0 bridgehead atoms. The Labute approximate surface area is 260 Å². The van der Waals surface area contributed by atoms with E-state index in [4.69, 9.17) is 4.74 Å². The van der Waals surface area contributed by atoms with E-state index in [1.165, 1.54) is 5.56 Å². The van der Waals surface area contributed by atoms with Crippen LogP contribution in [0.3, 0.4) is 0 Å². The number of aliphatic hydroxyl groups is 1. The third-order valence-corrected chi connectivity index (χ3v) is 7.86. The number of methoxy groups -OCH3 is 1. The SMILES string of the molecule is COc1ccc([C@@H](C)NC(=O)c2cc(C)cc(C(=O)N[C@@H](Cc3ccccc3)[C@H](O)CN[C@H](C)c3ccc(C)cc3)c2)cc1. The largest absolute Gasteiger partial charge is 0.497 e. The van der Waals surface area contributed by atoms with Gasteiger partial charge in [-0.2, -0.15) is 0 Å². The van der Waals surface area contributed by atoms with Crippen LogP contribution in [-0.4, -0.2) is 42.7 Å². The van der Waals surface area contributed by atoms with E-state index in [2.05, 4.69) is 54.1 Å². The van der Waals surface area contributed by atoms with Crippen LogP contribution in [-0.2, 0) is 6.42 Å². The Bertz CT molecular complexity index is 1520. The van der Waals surface area contributed by atoms with E-state index >= 15 is 0 Å². The number of rotatable bonds is 13. The summed E-state index contributed by atoms with van der Waals surface area (Å²) in [6.45, 7) is 8.16. The molecule has 2 amide bonds. The highest BCUT2D eigenvalue weighted by molar-refractivity contribution is 6.00. The summed E-state index contributed by atoms with van der Waals surface area (Å²) in [6.07, 6.45) is -0.405. The number of ether oxygens (including phenoxy) is 1. The molecule has 7 nitrogen and oxygen atoms in total. The maximum Gasteiger partial charge on any atom is 0.251 e. The highest BCUT2D eigenvalue weighted by Crippen LogP contribution is 2.19. The fourth-order valence-corrected chi connectivity index (χ4v) is 5.12. The average Bonchev–Trinajstić information content (AvgIpc) is 3.03. The molecule has 44 heavy (non-hydrogen) atoms. The van der Waals surface area contributed by atoms with Gasteiger partial charge >= 0.3 is 0 Å². The van der Waals surface area contributed by atoms with Gasteiger partial charge in [0.15, 0.2) is 0 Å². The van der Waals surface area contributed by atoms with E-state index in [-0.39, 0.29) is 30.4 Å². The van der Waals surface area contributed by atoms with Gasteiger partial charge in [0, 0.05) is 23.7 Å². The quantitative estimate of drug-likeness (QED) is 0.156. The number of hydrogen-bond donors (Lipinski definition) is 4. The van der Waals surface area contributed by atoms with Gasteiger partial charge in [0.2, 0.25) is 0 Å². The Balaban J connectivity index is 1.46. The number of carbonyl (C=O) groups is 2. The lowest BCUT2D eigenvalue weighted by Gasteiger charge is -2.26. The molecule has 4 N–H and O–H groups in total. The van der Waals surface area contributed by atoms with Crippen LogP contribution < -0.4 is 20.7 Å². The van der Waals surface area contributed by atoms with E-state index in [0.717, 1.165) is 28.0 Å². The molecule has 0 radical (unpaired) electrons. The lowest BCUT2D eigenvalue weighted by molar-refractivity contribution is 0.0825. The number of aliphatic hydroxyl groups excluding tert-OH is 1. The van der Waals surface area contributed by atoms with Crippen LogP contribution in [0, 0.1) is 13.8 Å². The van der Waals surface area contributed by atoms with Gasteiger partial charge in [-0.1, -0.05) is 72.3 Å². The highest BCUT2D eigenvalue weighted by Gasteiger charge is 2.24. The maximum absolute atomic E-state index is 13.6. The van der Waals surface area contributed by atoms with Gasteiger partial charge in [0.1, 0.15) is 5.75 Å². The van der Waals surface area contributed by atoms with Crippen molar-refractivity contribution in [3.63, 3.8) is 0 Å². The van der Waals surface area contributed by atoms with Crippen LogP contribution in [0.5, 0.6) is 5.75 Å². The molecular weight excluding hydrogens is 550 g/mol. The second-order valence-corrected chi connectivity index (χ2v) is 11.4. The van der Waals surface area contributed by atoms with Gasteiger partial charge in [-0.25, -0.2) is 0 Å². The molecule has 7 heteroatoms. The first-order valence-corrected chi connectivity index (χ1v) is 15.0. The third kappa shape index (κ3) is 9.02. The second kappa shape index (κ2) is 15.3. The van der Waals surface area contributed by atoms with Gasteiger partial charge in [-0.15, -0.1) is 0 Å². The highest BCUT2D eigenvalue weighted by atomic mass is 16.5. The molecule has 0 fully saturated rings. The van der Waals surface area contributed by atoms with Crippen LogP contribution in [0.4, 0.5) is 0 Å². The standard InChI is InChI=1S/C37H43N3O4/c1-24-11-13-29(14-12-24)26(3)38-23-35(41)34(21-28-9-7-6-8-10-28)40-37(43)32-20-25(2)19-31(22-32)36(42)39-27(4)30-15-17-33(44-5)18-16-30/h6-20,22,26-27,34-35,38,41H,21,23H2,1-5H3,(H,39,42)(H,40,43)/t26-,27-,34+,35-/m1/s1. The maximum atomic E-state index is 13.6. The monoisotopic (exact) mass is 593 g/mol. The topological polar surface area (TPSA) is 99.7 Å². The van der Waals surface area contributed by atoms with Crippen LogP contribution in [0.1, 0.15) is 74.5 Å². The van der Waals surface area contributed by atoms with Crippen molar-refractivity contribution >= 4 is 11.8 Å². The summed E-state index contributed by atoms with van der Waals surface area (Å²) < 4.78 is 5.22. The molecule has 0 unspecified atom stereocenters. The normalized spacial score (nSPS) is 13.8. The van der Waals surface area contributed by atoms with Gasteiger partial charge in [-0.3, -0.25) is 9.59 Å². The lowest BCUT2D eigenvalue weighted by Crippen LogP contribution is -2.49. The summed E-state index contributed by atoms with van der Waals surface area (Å²) in [5, 5.41) is 20.8. The summed E-state index contributed by atoms with van der Waals surface area (Å²) in [7, 11) is 1.61. The van der Waals surface area contributed by atoms with Gasteiger partial charge in [0.05, 0.1) is 25.3 Å². The molecule has 4 aromatic carbocycles. The van der Waals surface area contributed by atoms with E-state index in [9.17, 15) is 14.7 Å². The summed E-state index contributed by atoms with van der Waals surface area (Å²) in [5.74, 6) is 0.118. The van der Waals surface area contributed by atoms with Crippen molar-refractivity contribution in [3.05, 3.63) is 136 Å². The molecule has 0 saturated carbocycles. The molecule has 0 heterocycles. The summed E-state index contributed by atoms with van der Waals surface area (Å²) >= 11 is 0. The smallest absolute Gasteiger partial charge is 0.251 e. The first kappa shape index (κ1) is 32.5. The molecule has 0 aromatic heterocycles. The van der Waals surface area contributed by atoms with E-state index < -0.39 is 12.1 Å². The minimum absolute atomic E-state index is 0.0245. The van der Waals surface area contributed by atoms with Gasteiger partial charge < -0.3 is 25.8 Å². The lowest BCUT2D eigenvalue weighted by atomic mass is 9.99. The van der Waals surface area contributed by atoms with Crippen LogP contribution in [0.2, 0.25) is 0 Å². The number of amides is 2. The zero-order valence-corrected chi connectivity index (χ0v) is 26.1. The molecule has 0 saturated heterocycles. The molecule has 4 aromatic rings. The Morgan fingerprint density at radius 1 is 0.727 bits per heavy atom. The van der Waals surface area contributed by atoms with Gasteiger partial charge in [0.25, 0.3) is 11.8 Å². The number of nitrogens with one attached hydrogen (secondary N) is 3. The number of aryl methyl sites for hydroxylation is 2. The van der Waals surface area contributed by atoms with E-state index in [1.54, 1.807) is 25.3 Å². The van der Waals surface area contributed by atoms with Crippen molar-refractivity contribution in [1.82, 2.24) is 16.0 Å². The summed E-state index contributed by atoms with van der Waals surface area (Å²) in [6, 6.07) is 29.9. The van der Waals surface area contributed by atoms with Crippen molar-refractivity contribution in [3.8, 4) is 5.75 Å². The van der Waals surface area contributed by atoms with Crippen molar-refractivity contribution in [1.29, 1.82) is 0 Å². The number of benzene rings is 4. The van der Waals surface area contributed by atoms with Crippen LogP contribution >= 0.6 is 0 Å². The fourth-order valence-electron chi connectivity index (χ4n) is 5.12. The molecule has 0 aliphatic rings. The molecule has 4 rings (SSSR count). The third-order valence-electron chi connectivity index (χ3n) is 7.86. The van der Waals surface area contributed by atoms with E-state index in [0.29, 0.717) is 17.5 Å². The minimum atomic E-state index is -0.857. The van der Waals surface area contributed by atoms with Crippen LogP contribution in [0.15, 0.2) is 97.1 Å². The zero-order chi connectivity index (χ0) is 31.6. The minimum Gasteiger partial charge on any atom is -0.497 e. The fraction of sp³-hybridized carbons (Fsp3) is 0.297. The summed E-state index contributed by atoms with van der Waals surface area (Å²) in [4.78, 5) is 26.8. The van der Waals surface area contributed by atoms with Crippen molar-refractivity contribution < 1.29 is 19.4 Å². The van der Waals surface area contributed by atoms with Crippen molar-refractivity contribution in [2.45, 2.75) is 58.3 Å². The Morgan fingerprint density at radius 2 is 1.30 bits per heavy atom. The second-order valence-electron chi connectivity index (χ2n) is 11.4. The molecule has 4 atom stereocenters. The molecule has 230 valence electrons. The first-order valence-electron chi connectivity index (χ1n) is 15.0. The number of carbonyl (C=O) groups excluding carboxylic acids is 2. The molecule has 0 spiro atoms. The summed E-state index contributed by atoms with van der Waals surface area (Å²) in [5.41, 5.74) is 5.79. The Morgan fingerprint density at radius 3 is 1.91 bits per heavy atom. The predicted molar refractivity (Wildman–Crippen MR) is 175 cm³/mol. The Hall–Kier alpha value is -4.46. The van der Waals surface area contributed by atoms with Gasteiger partial charge in [-0.05, 0) is 86.7 Å². The molecule has 0 aliphatic carbocycles. The van der Waals surface area contributed by atoms with Crippen molar-refractivity contribution in [2.24, 2.45) is 0 Å². The Kier molecular flexibility index (Phi) is 11.3. The average molecular weight is 594 g/mol. The van der Waals surface area contributed by atoms with Crippen LogP contribution in [0.25, 0.3) is 0 Å². The molecular formula is C37H43N3O4. The number of hydrogen-bond acceptors (Lipinski definition) is 5. The van der Waals surface area contributed by atoms with E-state index in [1.807, 2.05) is 68.4 Å². The van der Waals surface area contributed by atoms with Crippen molar-refractivity contribution in [2.75, 3.05) is 13.7 Å². The first-order chi connectivity index (χ1) is 21.1. The predicted octanol–water partition coefficient (Wildman–Crippen LogP) is 5.86. The molecule has 0 aliphatic heterocycles. The zero-order valence-electron chi connectivity index (χ0n) is 26.1.